The number of aryl methyl sites for hydroxylation is 1. The maximum absolute atomic E-state index is 13.6. The molecule has 4 rings (SSSR count). The van der Waals surface area contributed by atoms with Crippen molar-refractivity contribution < 1.29 is 22.7 Å². The number of aromatic nitrogens is 3. The lowest BCUT2D eigenvalue weighted by Crippen LogP contribution is -2.43. The molecule has 3 heterocycles. The third kappa shape index (κ3) is 4.63. The third-order valence-electron chi connectivity index (χ3n) is 5.21. The number of rotatable bonds is 7. The molecule has 3 aromatic rings. The Morgan fingerprint density at radius 3 is 2.75 bits per heavy atom. The van der Waals surface area contributed by atoms with E-state index in [4.69, 9.17) is 9.47 Å². The average molecular weight is 480 g/mol. The fourth-order valence-corrected chi connectivity index (χ4v) is 5.50. The second kappa shape index (κ2) is 9.14. The molecule has 0 aliphatic carbocycles. The summed E-state index contributed by atoms with van der Waals surface area (Å²) in [6.07, 6.45) is 2.76. The number of para-hydroxylation sites is 1. The fraction of sp³-hybridized carbons (Fsp3) is 0.450. The summed E-state index contributed by atoms with van der Waals surface area (Å²) in [6, 6.07) is 5.02. The zero-order chi connectivity index (χ0) is 22.9. The summed E-state index contributed by atoms with van der Waals surface area (Å²) < 4.78 is 37.4. The van der Waals surface area contributed by atoms with E-state index in [9.17, 15) is 13.2 Å². The van der Waals surface area contributed by atoms with Gasteiger partial charge in [-0.25, -0.2) is 13.4 Å². The monoisotopic (exact) mass is 479 g/mol. The van der Waals surface area contributed by atoms with Gasteiger partial charge in [-0.05, 0) is 12.1 Å². The first-order chi connectivity index (χ1) is 15.3. The summed E-state index contributed by atoms with van der Waals surface area (Å²) in [5.41, 5.74) is 0.692. The number of hydrogen-bond donors (Lipinski definition) is 0. The van der Waals surface area contributed by atoms with Crippen LogP contribution < -0.4 is 9.64 Å². The Bertz CT molecular complexity index is 1230. The molecule has 32 heavy (non-hydrogen) atoms. The first-order valence-corrected chi connectivity index (χ1v) is 12.8. The molecule has 1 saturated heterocycles. The van der Waals surface area contributed by atoms with Crippen molar-refractivity contribution in [2.75, 3.05) is 57.7 Å². The van der Waals surface area contributed by atoms with Crippen LogP contribution in [0.1, 0.15) is 10.4 Å². The topological polar surface area (TPSA) is 107 Å². The number of nitrogens with zero attached hydrogens (tertiary/aromatic N) is 5. The maximum atomic E-state index is 13.6. The highest BCUT2D eigenvalue weighted by Gasteiger charge is 2.28. The summed E-state index contributed by atoms with van der Waals surface area (Å²) in [5, 5.41) is 4.62. The molecule has 1 aliphatic heterocycles. The van der Waals surface area contributed by atoms with Crippen LogP contribution in [0.5, 0.6) is 5.88 Å². The normalized spacial score (nSPS) is 15.2. The summed E-state index contributed by atoms with van der Waals surface area (Å²) in [6.45, 7) is 3.90. The summed E-state index contributed by atoms with van der Waals surface area (Å²) in [4.78, 5) is 22.1. The molecule has 10 nitrogen and oxygen atoms in total. The molecule has 1 amide bonds. The number of carbonyl (C=O) groups excluding carboxylic acids is 1. The van der Waals surface area contributed by atoms with Gasteiger partial charge in [-0.15, -0.1) is 5.10 Å². The van der Waals surface area contributed by atoms with Gasteiger partial charge in [0.1, 0.15) is 11.1 Å². The standard InChI is InChI=1S/C20H25N5O5S2/c1-23-13-14(18(22-23)29-2)19(26)25(8-7-24-9-11-30-12-10-24)20-21-17-15(31-20)5-4-6-16(17)32(3,27)28/h4-6,13H,7-12H2,1-3H3. The Kier molecular flexibility index (Phi) is 6.47. The Morgan fingerprint density at radius 2 is 2.06 bits per heavy atom. The van der Waals surface area contributed by atoms with Crippen molar-refractivity contribution in [1.29, 1.82) is 0 Å². The molecule has 0 radical (unpaired) electrons. The molecule has 172 valence electrons. The van der Waals surface area contributed by atoms with E-state index in [1.54, 1.807) is 30.3 Å². The molecule has 0 spiro atoms. The van der Waals surface area contributed by atoms with Gasteiger partial charge < -0.3 is 9.47 Å². The number of hydrogen-bond acceptors (Lipinski definition) is 9. The number of morpholine rings is 1. The minimum absolute atomic E-state index is 0.150. The second-order valence-electron chi connectivity index (χ2n) is 7.51. The first-order valence-electron chi connectivity index (χ1n) is 10.1. The predicted octanol–water partition coefficient (Wildman–Crippen LogP) is 1.42. The molecular weight excluding hydrogens is 454 g/mol. The summed E-state index contributed by atoms with van der Waals surface area (Å²) in [7, 11) is -0.284. The number of amides is 1. The Labute approximate surface area is 190 Å². The number of anilines is 1. The van der Waals surface area contributed by atoms with E-state index in [0.717, 1.165) is 19.3 Å². The van der Waals surface area contributed by atoms with Crippen molar-refractivity contribution in [3.8, 4) is 5.88 Å². The lowest BCUT2D eigenvalue weighted by atomic mass is 10.3. The number of fused-ring (bicyclic) bond motifs is 1. The van der Waals surface area contributed by atoms with Crippen LogP contribution in [0.3, 0.4) is 0 Å². The van der Waals surface area contributed by atoms with Crippen LogP contribution in [0.2, 0.25) is 0 Å². The van der Waals surface area contributed by atoms with E-state index in [-0.39, 0.29) is 16.7 Å². The van der Waals surface area contributed by atoms with Gasteiger partial charge in [-0.3, -0.25) is 19.3 Å². The van der Waals surface area contributed by atoms with Gasteiger partial charge in [-0.1, -0.05) is 17.4 Å². The molecule has 0 unspecified atom stereocenters. The Balaban J connectivity index is 1.73. The van der Waals surface area contributed by atoms with Gasteiger partial charge in [0, 0.05) is 45.7 Å². The lowest BCUT2D eigenvalue weighted by Gasteiger charge is -2.29. The highest BCUT2D eigenvalue weighted by atomic mass is 32.2. The van der Waals surface area contributed by atoms with E-state index >= 15 is 0 Å². The highest BCUT2D eigenvalue weighted by Crippen LogP contribution is 2.34. The largest absolute Gasteiger partial charge is 0.479 e. The number of ether oxygens (including phenoxy) is 2. The smallest absolute Gasteiger partial charge is 0.267 e. The van der Waals surface area contributed by atoms with Gasteiger partial charge in [-0.2, -0.15) is 0 Å². The molecular formula is C20H25N5O5S2. The van der Waals surface area contributed by atoms with E-state index in [2.05, 4.69) is 15.0 Å². The number of sulfone groups is 1. The first kappa shape index (κ1) is 22.6. The fourth-order valence-electron chi connectivity index (χ4n) is 3.59. The molecule has 1 aromatic carbocycles. The van der Waals surface area contributed by atoms with E-state index in [1.807, 2.05) is 0 Å². The average Bonchev–Trinajstić information content (AvgIpc) is 3.36. The third-order valence-corrected chi connectivity index (χ3v) is 7.38. The number of carbonyl (C=O) groups is 1. The zero-order valence-electron chi connectivity index (χ0n) is 18.1. The van der Waals surface area contributed by atoms with Gasteiger partial charge in [0.05, 0.1) is 29.9 Å². The van der Waals surface area contributed by atoms with Crippen molar-refractivity contribution in [1.82, 2.24) is 19.7 Å². The van der Waals surface area contributed by atoms with Crippen LogP contribution in [0, 0.1) is 0 Å². The van der Waals surface area contributed by atoms with Crippen molar-refractivity contribution in [2.45, 2.75) is 4.90 Å². The molecule has 2 aromatic heterocycles. The van der Waals surface area contributed by atoms with Gasteiger partial charge >= 0.3 is 0 Å². The minimum Gasteiger partial charge on any atom is -0.479 e. The van der Waals surface area contributed by atoms with Crippen molar-refractivity contribution in [2.24, 2.45) is 7.05 Å². The number of thiazole rings is 1. The molecule has 0 N–H and O–H groups in total. The minimum atomic E-state index is -3.47. The quantitative estimate of drug-likeness (QED) is 0.501. The van der Waals surface area contributed by atoms with Crippen molar-refractivity contribution in [3.05, 3.63) is 30.0 Å². The second-order valence-corrected chi connectivity index (χ2v) is 10.5. The molecule has 1 fully saturated rings. The molecule has 12 heteroatoms. The van der Waals surface area contributed by atoms with Crippen LogP contribution in [0.15, 0.2) is 29.3 Å². The van der Waals surface area contributed by atoms with Crippen LogP contribution in [0.4, 0.5) is 5.13 Å². The van der Waals surface area contributed by atoms with Crippen LogP contribution in [-0.2, 0) is 21.6 Å². The van der Waals surface area contributed by atoms with Crippen molar-refractivity contribution >= 4 is 42.4 Å². The van der Waals surface area contributed by atoms with Crippen LogP contribution in [0.25, 0.3) is 10.2 Å². The molecule has 0 bridgehead atoms. The molecule has 0 saturated carbocycles. The highest BCUT2D eigenvalue weighted by molar-refractivity contribution is 7.91. The Morgan fingerprint density at radius 1 is 1.31 bits per heavy atom. The van der Waals surface area contributed by atoms with Gasteiger partial charge in [0.2, 0.25) is 5.88 Å². The lowest BCUT2D eigenvalue weighted by molar-refractivity contribution is 0.0391. The number of benzene rings is 1. The Hall–Kier alpha value is -2.54. The molecule has 0 atom stereocenters. The predicted molar refractivity (Wildman–Crippen MR) is 121 cm³/mol. The number of methoxy groups -OCH3 is 1. The zero-order valence-corrected chi connectivity index (χ0v) is 19.8. The van der Waals surface area contributed by atoms with Gasteiger partial charge in [0.15, 0.2) is 15.0 Å². The van der Waals surface area contributed by atoms with Crippen LogP contribution >= 0.6 is 11.3 Å². The summed E-state index contributed by atoms with van der Waals surface area (Å²) >= 11 is 1.28. The summed E-state index contributed by atoms with van der Waals surface area (Å²) in [5.74, 6) is -0.0741. The van der Waals surface area contributed by atoms with E-state index in [0.29, 0.717) is 47.2 Å². The van der Waals surface area contributed by atoms with Crippen molar-refractivity contribution in [3.63, 3.8) is 0 Å². The molecule has 1 aliphatic rings. The van der Waals surface area contributed by atoms with Crippen LogP contribution in [-0.4, -0.2) is 86.7 Å². The SMILES string of the molecule is COc1nn(C)cc1C(=O)N(CCN1CCOCC1)c1nc2c(S(C)(=O)=O)cccc2s1. The van der Waals surface area contributed by atoms with E-state index in [1.165, 1.54) is 29.2 Å². The van der Waals surface area contributed by atoms with E-state index < -0.39 is 9.84 Å². The van der Waals surface area contributed by atoms with Gasteiger partial charge in [0.25, 0.3) is 5.91 Å². The maximum Gasteiger partial charge on any atom is 0.267 e.